The smallest absolute Gasteiger partial charge is 0.327 e. The van der Waals surface area contributed by atoms with Crippen molar-refractivity contribution in [2.45, 2.75) is 26.3 Å². The van der Waals surface area contributed by atoms with Crippen LogP contribution in [0.1, 0.15) is 18.2 Å². The molecule has 0 saturated carbocycles. The number of pyridine rings is 2. The van der Waals surface area contributed by atoms with E-state index in [1.54, 1.807) is 34.8 Å². The number of fused-ring (bicyclic) bond motifs is 2. The van der Waals surface area contributed by atoms with Gasteiger partial charge >= 0.3 is 6.03 Å². The number of aromatic nitrogens is 3. The van der Waals surface area contributed by atoms with Gasteiger partial charge in [-0.05, 0) is 26.3 Å². The molecular weight excluding hydrogens is 385 g/mol. The van der Waals surface area contributed by atoms with E-state index in [4.69, 9.17) is 0 Å². The van der Waals surface area contributed by atoms with Crippen LogP contribution < -0.4 is 20.4 Å². The summed E-state index contributed by atoms with van der Waals surface area (Å²) in [5, 5.41) is 6.20. The van der Waals surface area contributed by atoms with Gasteiger partial charge in [0.15, 0.2) is 11.5 Å². The van der Waals surface area contributed by atoms with E-state index in [2.05, 4.69) is 25.5 Å². The van der Waals surface area contributed by atoms with Crippen LogP contribution in [-0.4, -0.2) is 52.6 Å². The summed E-state index contributed by atoms with van der Waals surface area (Å²) < 4.78 is 16.0. The number of nitrogens with one attached hydrogen (secondary N) is 2. The second kappa shape index (κ2) is 7.24. The van der Waals surface area contributed by atoms with Gasteiger partial charge in [0.2, 0.25) is 0 Å². The molecule has 1 saturated heterocycles. The molecule has 9 heteroatoms. The summed E-state index contributed by atoms with van der Waals surface area (Å²) >= 11 is 0. The molecule has 30 heavy (non-hydrogen) atoms. The Morgan fingerprint density at radius 2 is 2.10 bits per heavy atom. The molecular formula is C21H24FN7O. The number of urea groups is 1. The molecule has 0 aliphatic carbocycles. The van der Waals surface area contributed by atoms with Crippen molar-refractivity contribution in [2.75, 3.05) is 41.3 Å². The van der Waals surface area contributed by atoms with Crippen molar-refractivity contribution in [3.8, 4) is 0 Å². The lowest BCUT2D eigenvalue weighted by Crippen LogP contribution is -2.43. The lowest BCUT2D eigenvalue weighted by molar-refractivity contribution is 0.255. The van der Waals surface area contributed by atoms with Crippen molar-refractivity contribution < 1.29 is 9.18 Å². The molecule has 2 N–H and O–H groups in total. The molecule has 2 aliphatic heterocycles. The molecule has 1 fully saturated rings. The Balaban J connectivity index is 1.43. The normalized spacial score (nSPS) is 18.7. The molecule has 156 valence electrons. The first kappa shape index (κ1) is 18.8. The number of carbonyl (C=O) groups is 1. The van der Waals surface area contributed by atoms with Crippen LogP contribution in [0.3, 0.4) is 0 Å². The second-order valence-corrected chi connectivity index (χ2v) is 7.91. The number of amides is 2. The number of halogens is 1. The Morgan fingerprint density at radius 3 is 2.90 bits per heavy atom. The van der Waals surface area contributed by atoms with E-state index in [1.165, 1.54) is 6.07 Å². The van der Waals surface area contributed by atoms with Crippen LogP contribution in [0.5, 0.6) is 0 Å². The topological polar surface area (TPSA) is 77.8 Å². The number of rotatable bonds is 2. The van der Waals surface area contributed by atoms with Crippen molar-refractivity contribution in [1.29, 1.82) is 0 Å². The first-order valence-corrected chi connectivity index (χ1v) is 10.2. The average molecular weight is 409 g/mol. The lowest BCUT2D eigenvalue weighted by atomic mass is 10.1. The van der Waals surface area contributed by atoms with Gasteiger partial charge in [-0.1, -0.05) is 0 Å². The van der Waals surface area contributed by atoms with Gasteiger partial charge in [0.1, 0.15) is 5.82 Å². The number of aryl methyl sites for hydroxylation is 1. The van der Waals surface area contributed by atoms with E-state index >= 15 is 0 Å². The maximum Gasteiger partial charge on any atom is 0.327 e. The van der Waals surface area contributed by atoms with Crippen molar-refractivity contribution in [1.82, 2.24) is 19.7 Å². The van der Waals surface area contributed by atoms with Gasteiger partial charge < -0.3 is 19.9 Å². The van der Waals surface area contributed by atoms with Crippen LogP contribution in [0.2, 0.25) is 0 Å². The fraction of sp³-hybridized carbons (Fsp3) is 0.381. The third-order valence-electron chi connectivity index (χ3n) is 5.73. The molecule has 0 spiro atoms. The molecule has 1 unspecified atom stereocenters. The number of nitrogens with zero attached hydrogens (tertiary/aromatic N) is 5. The fourth-order valence-electron chi connectivity index (χ4n) is 4.40. The van der Waals surface area contributed by atoms with E-state index in [0.717, 1.165) is 43.9 Å². The standard InChI is InChI=1S/C21H24FN7O/c1-13-11-28-12-15(10-17(22)20(28)25-13)26-21(30)29-14(2)9-16-18(3-4-24-19(16)29)27-7-5-23-6-8-27/h3-4,10-12,14,23H,5-9H2,1-2H3,(H,26,30). The van der Waals surface area contributed by atoms with E-state index < -0.39 is 5.82 Å². The minimum absolute atomic E-state index is 0.0411. The summed E-state index contributed by atoms with van der Waals surface area (Å²) in [5.41, 5.74) is 3.57. The lowest BCUT2D eigenvalue weighted by Gasteiger charge is -2.30. The quantitative estimate of drug-likeness (QED) is 0.680. The summed E-state index contributed by atoms with van der Waals surface area (Å²) in [5.74, 6) is 0.200. The molecule has 5 heterocycles. The number of anilines is 3. The zero-order valence-corrected chi connectivity index (χ0v) is 17.0. The number of hydrogen-bond acceptors (Lipinski definition) is 5. The first-order valence-electron chi connectivity index (χ1n) is 10.2. The van der Waals surface area contributed by atoms with E-state index in [1.807, 2.05) is 13.0 Å². The number of piperazine rings is 1. The predicted octanol–water partition coefficient (Wildman–Crippen LogP) is 2.57. The highest BCUT2D eigenvalue weighted by Crippen LogP contribution is 2.37. The van der Waals surface area contributed by atoms with Crippen LogP contribution in [0.25, 0.3) is 5.65 Å². The van der Waals surface area contributed by atoms with Crippen molar-refractivity contribution >= 4 is 28.9 Å². The molecule has 1 atom stereocenters. The van der Waals surface area contributed by atoms with E-state index in [-0.39, 0.29) is 17.7 Å². The van der Waals surface area contributed by atoms with Crippen LogP contribution in [0, 0.1) is 12.7 Å². The SMILES string of the molecule is Cc1cn2cc(NC(=O)N3c4nccc(N5CCNCC5)c4CC3C)cc(F)c2n1. The largest absolute Gasteiger partial charge is 0.369 e. The molecule has 2 aliphatic rings. The number of hydrogen-bond donors (Lipinski definition) is 2. The van der Waals surface area contributed by atoms with Gasteiger partial charge in [0.25, 0.3) is 0 Å². The van der Waals surface area contributed by atoms with E-state index in [0.29, 0.717) is 17.2 Å². The Morgan fingerprint density at radius 1 is 1.30 bits per heavy atom. The number of imidazole rings is 1. The van der Waals surface area contributed by atoms with Crippen LogP contribution in [0.4, 0.5) is 26.4 Å². The van der Waals surface area contributed by atoms with Gasteiger partial charge in [0.05, 0.1) is 11.4 Å². The maximum atomic E-state index is 14.4. The monoisotopic (exact) mass is 409 g/mol. The van der Waals surface area contributed by atoms with Crippen molar-refractivity contribution in [3.63, 3.8) is 0 Å². The molecule has 3 aromatic heterocycles. The molecule has 8 nitrogen and oxygen atoms in total. The second-order valence-electron chi connectivity index (χ2n) is 7.91. The summed E-state index contributed by atoms with van der Waals surface area (Å²) in [7, 11) is 0. The van der Waals surface area contributed by atoms with Crippen LogP contribution >= 0.6 is 0 Å². The molecule has 0 bridgehead atoms. The van der Waals surface area contributed by atoms with Crippen molar-refractivity contribution in [2.24, 2.45) is 0 Å². The zero-order chi connectivity index (χ0) is 20.8. The summed E-state index contributed by atoms with van der Waals surface area (Å²) in [6.45, 7) is 7.56. The molecule has 0 radical (unpaired) electrons. The summed E-state index contributed by atoms with van der Waals surface area (Å²) in [6.07, 6.45) is 5.89. The first-order chi connectivity index (χ1) is 14.5. The van der Waals surface area contributed by atoms with Gasteiger partial charge in [-0.25, -0.2) is 19.2 Å². The van der Waals surface area contributed by atoms with Gasteiger partial charge in [-0.3, -0.25) is 4.90 Å². The average Bonchev–Trinajstić information content (AvgIpc) is 3.27. The number of carbonyl (C=O) groups excluding carboxylic acids is 1. The summed E-state index contributed by atoms with van der Waals surface area (Å²) in [6, 6.07) is 2.97. The third-order valence-corrected chi connectivity index (χ3v) is 5.73. The van der Waals surface area contributed by atoms with Crippen LogP contribution in [0.15, 0.2) is 30.7 Å². The Labute approximate surface area is 173 Å². The van der Waals surface area contributed by atoms with Gasteiger partial charge in [0, 0.05) is 68.1 Å². The third kappa shape index (κ3) is 3.15. The highest BCUT2D eigenvalue weighted by atomic mass is 19.1. The predicted molar refractivity (Wildman–Crippen MR) is 114 cm³/mol. The van der Waals surface area contributed by atoms with E-state index in [9.17, 15) is 9.18 Å². The minimum Gasteiger partial charge on any atom is -0.369 e. The molecule has 0 aromatic carbocycles. The Hall–Kier alpha value is -3.20. The van der Waals surface area contributed by atoms with Gasteiger partial charge in [-0.15, -0.1) is 0 Å². The molecule has 2 amide bonds. The summed E-state index contributed by atoms with van der Waals surface area (Å²) in [4.78, 5) is 25.8. The fourth-order valence-corrected chi connectivity index (χ4v) is 4.40. The van der Waals surface area contributed by atoms with Crippen molar-refractivity contribution in [3.05, 3.63) is 47.8 Å². The molecule has 5 rings (SSSR count). The Bertz CT molecular complexity index is 1120. The van der Waals surface area contributed by atoms with Crippen LogP contribution in [-0.2, 0) is 6.42 Å². The zero-order valence-electron chi connectivity index (χ0n) is 17.0. The molecule has 3 aromatic rings. The highest BCUT2D eigenvalue weighted by Gasteiger charge is 2.35. The maximum absolute atomic E-state index is 14.4. The highest BCUT2D eigenvalue weighted by molar-refractivity contribution is 6.03. The Kier molecular flexibility index (Phi) is 4.54. The van der Waals surface area contributed by atoms with Gasteiger partial charge in [-0.2, -0.15) is 0 Å². The minimum atomic E-state index is -0.477.